The molecule has 5 heavy (non-hydrogen) atoms. The van der Waals surface area contributed by atoms with Crippen molar-refractivity contribution in [2.24, 2.45) is 0 Å². The number of carboxylic acids is 1. The minimum Gasteiger partial charge on any atom is -0.481 e. The van der Waals surface area contributed by atoms with E-state index in [0.29, 0.717) is 0 Å². The summed E-state index contributed by atoms with van der Waals surface area (Å²) in [6, 6.07) is 0. The summed E-state index contributed by atoms with van der Waals surface area (Å²) in [6.07, 6.45) is 0. The second kappa shape index (κ2) is 4.35. The van der Waals surface area contributed by atoms with Crippen molar-refractivity contribution >= 4 is 32.2 Å². The summed E-state index contributed by atoms with van der Waals surface area (Å²) in [5.41, 5.74) is 0. The first kappa shape index (κ1) is 9.02. The second-order valence-corrected chi connectivity index (χ2v) is 0.519. The van der Waals surface area contributed by atoms with E-state index in [9.17, 15) is 0 Å². The van der Waals surface area contributed by atoms with Crippen LogP contribution in [0.2, 0.25) is 0 Å². The van der Waals surface area contributed by atoms with Crippen molar-refractivity contribution < 1.29 is 9.90 Å². The molecule has 0 amide bonds. The second-order valence-electron chi connectivity index (χ2n) is 0.519. The van der Waals surface area contributed by atoms with Gasteiger partial charge < -0.3 is 5.11 Å². The molecule has 0 unspecified atom stereocenters. The van der Waals surface area contributed by atoms with Crippen LogP contribution in [-0.2, 0) is 4.79 Å². The first-order valence-corrected chi connectivity index (χ1v) is 0.928. The van der Waals surface area contributed by atoms with E-state index in [1.165, 1.54) is 0 Å². The molecule has 0 aliphatic rings. The van der Waals surface area contributed by atoms with Crippen molar-refractivity contribution in [3.05, 3.63) is 0 Å². The number of carbonyl (C=O) groups is 1. The number of hydrogen-bond donors (Lipinski definition) is 1. The molecule has 3 heteroatoms. The summed E-state index contributed by atoms with van der Waals surface area (Å²) in [7, 11) is 0. The number of rotatable bonds is 0. The zero-order valence-corrected chi connectivity index (χ0v) is 6.28. The Morgan fingerprint density at radius 2 is 1.80 bits per heavy atom. The molecule has 0 aliphatic carbocycles. The molecule has 0 atom stereocenters. The van der Waals surface area contributed by atoms with Gasteiger partial charge in [-0.3, -0.25) is 4.79 Å². The van der Waals surface area contributed by atoms with Crippen LogP contribution in [0.15, 0.2) is 0 Å². The van der Waals surface area contributed by atoms with Gasteiger partial charge in [0.15, 0.2) is 0 Å². The molecule has 0 heterocycles. The van der Waals surface area contributed by atoms with Gasteiger partial charge in [-0.2, -0.15) is 0 Å². The summed E-state index contributed by atoms with van der Waals surface area (Å²) in [4.78, 5) is 9.00. The summed E-state index contributed by atoms with van der Waals surface area (Å²) in [5.74, 6) is -0.833. The molecule has 0 aromatic heterocycles. The van der Waals surface area contributed by atoms with Gasteiger partial charge >= 0.3 is 0 Å². The van der Waals surface area contributed by atoms with Gasteiger partial charge in [0.1, 0.15) is 0 Å². The number of hydrogen-bond acceptors (Lipinski definition) is 1. The SMILES string of the molecule is CC(=O)O.[Bi]. The van der Waals surface area contributed by atoms with Crippen LogP contribution in [0.5, 0.6) is 0 Å². The van der Waals surface area contributed by atoms with Crippen molar-refractivity contribution in [1.29, 1.82) is 0 Å². The molecule has 0 aliphatic heterocycles. The zero-order valence-electron chi connectivity index (χ0n) is 2.80. The Kier molecular flexibility index (Phi) is 7.85. The average Bonchev–Trinajstić information content (AvgIpc) is 0.811. The zero-order chi connectivity index (χ0) is 3.58. The molecule has 0 saturated carbocycles. The van der Waals surface area contributed by atoms with E-state index in [2.05, 4.69) is 0 Å². The first-order chi connectivity index (χ1) is 1.73. The third-order valence-electron chi connectivity index (χ3n) is 0. The predicted molar refractivity (Wildman–Crippen MR) is 19.1 cm³/mol. The fraction of sp³-hybridized carbons (Fsp3) is 0.500. The van der Waals surface area contributed by atoms with E-state index in [0.717, 1.165) is 6.92 Å². The third kappa shape index (κ3) is 193. The Hall–Kier alpha value is 0.353. The minimum atomic E-state index is -0.833. The van der Waals surface area contributed by atoms with E-state index in [4.69, 9.17) is 9.90 Å². The molecular weight excluding hydrogens is 265 g/mol. The largest absolute Gasteiger partial charge is 0.481 e. The van der Waals surface area contributed by atoms with Crippen molar-refractivity contribution in [2.45, 2.75) is 6.92 Å². The molecular formula is C2H4BiO2. The molecule has 0 spiro atoms. The Balaban J connectivity index is 0. The van der Waals surface area contributed by atoms with Crippen LogP contribution in [0.4, 0.5) is 0 Å². The topological polar surface area (TPSA) is 37.3 Å². The smallest absolute Gasteiger partial charge is 0.300 e. The number of aliphatic carboxylic acids is 1. The van der Waals surface area contributed by atoms with Crippen LogP contribution in [0, 0.1) is 0 Å². The third-order valence-corrected chi connectivity index (χ3v) is 0. The predicted octanol–water partition coefficient (Wildman–Crippen LogP) is -0.290. The molecule has 2 nitrogen and oxygen atoms in total. The quantitative estimate of drug-likeness (QED) is 0.614. The van der Waals surface area contributed by atoms with Gasteiger partial charge in [0.05, 0.1) is 0 Å². The molecule has 0 rings (SSSR count). The van der Waals surface area contributed by atoms with E-state index >= 15 is 0 Å². The van der Waals surface area contributed by atoms with Gasteiger partial charge in [-0.25, -0.2) is 0 Å². The molecule has 29 valence electrons. The molecule has 3 radical (unpaired) electrons. The van der Waals surface area contributed by atoms with Gasteiger partial charge in [0.25, 0.3) is 5.97 Å². The maximum Gasteiger partial charge on any atom is 0.300 e. The summed E-state index contributed by atoms with van der Waals surface area (Å²) < 4.78 is 0. The maximum atomic E-state index is 9.00. The molecule has 0 saturated heterocycles. The van der Waals surface area contributed by atoms with Gasteiger partial charge in [-0.15, -0.1) is 0 Å². The van der Waals surface area contributed by atoms with Crippen LogP contribution in [-0.4, -0.2) is 37.3 Å². The van der Waals surface area contributed by atoms with Gasteiger partial charge in [0.2, 0.25) is 0 Å². The van der Waals surface area contributed by atoms with Gasteiger partial charge in [-0.05, 0) is 0 Å². The Labute approximate surface area is 49.3 Å². The molecule has 1 N–H and O–H groups in total. The number of carboxylic acid groups (broad SMARTS) is 1. The monoisotopic (exact) mass is 269 g/mol. The van der Waals surface area contributed by atoms with E-state index < -0.39 is 5.97 Å². The van der Waals surface area contributed by atoms with Gasteiger partial charge in [0, 0.05) is 33.1 Å². The van der Waals surface area contributed by atoms with Gasteiger partial charge in [-0.1, -0.05) is 0 Å². The van der Waals surface area contributed by atoms with Crippen LogP contribution in [0.25, 0.3) is 0 Å². The summed E-state index contributed by atoms with van der Waals surface area (Å²) >= 11 is 0. The van der Waals surface area contributed by atoms with E-state index in [1.807, 2.05) is 0 Å². The summed E-state index contributed by atoms with van der Waals surface area (Å²) in [6.45, 7) is 1.08. The van der Waals surface area contributed by atoms with Crippen LogP contribution in [0.3, 0.4) is 0 Å². The molecule has 0 aromatic rings. The molecule has 0 aromatic carbocycles. The Morgan fingerprint density at radius 1 is 1.80 bits per heavy atom. The van der Waals surface area contributed by atoms with E-state index in [1.54, 1.807) is 0 Å². The van der Waals surface area contributed by atoms with Crippen LogP contribution >= 0.6 is 0 Å². The Bertz CT molecular complexity index is 30.6. The molecule has 0 bridgehead atoms. The van der Waals surface area contributed by atoms with E-state index in [-0.39, 0.29) is 26.2 Å². The van der Waals surface area contributed by atoms with Crippen LogP contribution < -0.4 is 0 Å². The first-order valence-electron chi connectivity index (χ1n) is 0.928. The van der Waals surface area contributed by atoms with Crippen LogP contribution in [0.1, 0.15) is 6.92 Å². The molecule has 0 fully saturated rings. The normalized spacial score (nSPS) is 5.00. The Morgan fingerprint density at radius 3 is 1.80 bits per heavy atom. The summed E-state index contributed by atoms with van der Waals surface area (Å²) in [5, 5.41) is 7.42. The minimum absolute atomic E-state index is 0. The van der Waals surface area contributed by atoms with Crippen molar-refractivity contribution in [3.8, 4) is 0 Å². The van der Waals surface area contributed by atoms with Crippen molar-refractivity contribution in [3.63, 3.8) is 0 Å². The van der Waals surface area contributed by atoms with Crippen molar-refractivity contribution in [1.82, 2.24) is 0 Å². The standard InChI is InChI=1S/C2H4O2.Bi/c1-2(3)4;/h1H3,(H,3,4);. The maximum absolute atomic E-state index is 9.00. The fourth-order valence-corrected chi connectivity index (χ4v) is 0. The fourth-order valence-electron chi connectivity index (χ4n) is 0. The van der Waals surface area contributed by atoms with Crippen molar-refractivity contribution in [2.75, 3.05) is 0 Å². The average molecular weight is 269 g/mol.